The van der Waals surface area contributed by atoms with E-state index in [0.717, 1.165) is 0 Å². The molecule has 1 heteroatoms. The van der Waals surface area contributed by atoms with E-state index in [2.05, 4.69) is 184 Å². The van der Waals surface area contributed by atoms with Crippen molar-refractivity contribution in [2.24, 2.45) is 0 Å². The van der Waals surface area contributed by atoms with Gasteiger partial charge in [0.05, 0.1) is 11.4 Å². The van der Waals surface area contributed by atoms with E-state index in [4.69, 9.17) is 0 Å². The lowest BCUT2D eigenvalue weighted by molar-refractivity contribution is 0.353. The molecule has 1 spiro atoms. The van der Waals surface area contributed by atoms with E-state index in [1.807, 2.05) is 0 Å². The van der Waals surface area contributed by atoms with Gasteiger partial charge in [-0.1, -0.05) is 174 Å². The number of nitrogens with zero attached hydrogens (tertiary/aromatic N) is 1. The molecule has 0 atom stereocenters. The summed E-state index contributed by atoms with van der Waals surface area (Å²) in [4.78, 5) is 2.63. The van der Waals surface area contributed by atoms with Crippen molar-refractivity contribution in [1.82, 2.24) is 0 Å². The van der Waals surface area contributed by atoms with Crippen LogP contribution in [0.3, 0.4) is 0 Å². The highest BCUT2D eigenvalue weighted by molar-refractivity contribution is 6.00. The van der Waals surface area contributed by atoms with Gasteiger partial charge in [-0.2, -0.15) is 0 Å². The monoisotopic (exact) mass is 709 g/mol. The Kier molecular flexibility index (Phi) is 6.95. The summed E-state index contributed by atoms with van der Waals surface area (Å²) in [7, 11) is 0. The Morgan fingerprint density at radius 3 is 1.64 bits per heavy atom. The SMILES string of the molecule is CC1(C)c2ccccc2-c2c(N(c3ccc4c(c3)C3(CCCCC3)c3ccccc3-4)c3ccccc3-c3cccc4c3C(C)(C)c3ccccc3-4)cccc21. The molecule has 4 aliphatic rings. The molecule has 1 nitrogen and oxygen atoms in total. The molecule has 11 rings (SSSR count). The third-order valence-corrected chi connectivity index (χ3v) is 14.1. The van der Waals surface area contributed by atoms with Crippen molar-refractivity contribution in [3.63, 3.8) is 0 Å². The Bertz CT molecular complexity index is 2700. The second-order valence-electron chi connectivity index (χ2n) is 17.5. The van der Waals surface area contributed by atoms with Gasteiger partial charge in [0.25, 0.3) is 0 Å². The molecule has 0 amide bonds. The van der Waals surface area contributed by atoms with Crippen LogP contribution in [0, 0.1) is 0 Å². The van der Waals surface area contributed by atoms with Gasteiger partial charge in [-0.25, -0.2) is 0 Å². The summed E-state index contributed by atoms with van der Waals surface area (Å²) in [5, 5.41) is 0. The molecular formula is C54H47N. The molecule has 268 valence electrons. The largest absolute Gasteiger partial charge is 0.309 e. The van der Waals surface area contributed by atoms with Crippen LogP contribution in [0.1, 0.15) is 93.2 Å². The lowest BCUT2D eigenvalue weighted by Crippen LogP contribution is -2.28. The standard InChI is InChI=1S/C54H47N/c1-52(2)44-25-11-8-21-42(44)50-46(52)27-17-29-49(50)55(35-30-31-38-36-18-7-12-26-45(36)54(47(38)34-35)32-14-5-15-33-54)48-28-13-9-20-39(48)41-23-16-22-40-37-19-6-10-24-43(37)53(3,4)51(40)41/h6-13,16-31,34H,5,14-15,32-33H2,1-4H3. The lowest BCUT2D eigenvalue weighted by Gasteiger charge is -2.37. The zero-order valence-corrected chi connectivity index (χ0v) is 32.4. The molecular weight excluding hydrogens is 663 g/mol. The van der Waals surface area contributed by atoms with Crippen LogP contribution >= 0.6 is 0 Å². The average Bonchev–Trinajstić information content (AvgIpc) is 3.73. The van der Waals surface area contributed by atoms with E-state index >= 15 is 0 Å². The van der Waals surface area contributed by atoms with E-state index in [1.165, 1.54) is 127 Å². The highest BCUT2D eigenvalue weighted by Crippen LogP contribution is 2.60. The predicted octanol–water partition coefficient (Wildman–Crippen LogP) is 14.7. The molecule has 0 unspecified atom stereocenters. The number of fused-ring (bicyclic) bond motifs is 11. The van der Waals surface area contributed by atoms with Crippen LogP contribution in [-0.2, 0) is 16.2 Å². The number of hydrogen-bond acceptors (Lipinski definition) is 1. The van der Waals surface area contributed by atoms with Gasteiger partial charge in [0.15, 0.2) is 0 Å². The maximum absolute atomic E-state index is 2.63. The first-order valence-corrected chi connectivity index (χ1v) is 20.4. The molecule has 7 aromatic rings. The maximum atomic E-state index is 2.63. The Balaban J connectivity index is 1.20. The zero-order valence-electron chi connectivity index (χ0n) is 32.4. The van der Waals surface area contributed by atoms with Crippen LogP contribution in [-0.4, -0.2) is 0 Å². The first-order valence-electron chi connectivity index (χ1n) is 20.4. The lowest BCUT2D eigenvalue weighted by atomic mass is 9.68. The molecule has 0 aliphatic heterocycles. The van der Waals surface area contributed by atoms with Gasteiger partial charge in [0.2, 0.25) is 0 Å². The Morgan fingerprint density at radius 2 is 0.891 bits per heavy atom. The van der Waals surface area contributed by atoms with Crippen LogP contribution in [0.4, 0.5) is 17.1 Å². The summed E-state index contributed by atoms with van der Waals surface area (Å²) < 4.78 is 0. The summed E-state index contributed by atoms with van der Waals surface area (Å²) in [6.07, 6.45) is 6.31. The minimum atomic E-state index is -0.135. The fourth-order valence-corrected chi connectivity index (χ4v) is 11.6. The second kappa shape index (κ2) is 11.7. The Labute approximate surface area is 326 Å². The average molecular weight is 710 g/mol. The smallest absolute Gasteiger partial charge is 0.0543 e. The van der Waals surface area contributed by atoms with Gasteiger partial charge in [-0.15, -0.1) is 0 Å². The maximum Gasteiger partial charge on any atom is 0.0543 e. The van der Waals surface area contributed by atoms with E-state index in [0.29, 0.717) is 0 Å². The molecule has 1 saturated carbocycles. The van der Waals surface area contributed by atoms with Crippen molar-refractivity contribution < 1.29 is 0 Å². The van der Waals surface area contributed by atoms with Crippen molar-refractivity contribution in [3.05, 3.63) is 185 Å². The second-order valence-corrected chi connectivity index (χ2v) is 17.5. The van der Waals surface area contributed by atoms with Crippen molar-refractivity contribution in [2.75, 3.05) is 4.90 Å². The predicted molar refractivity (Wildman–Crippen MR) is 231 cm³/mol. The van der Waals surface area contributed by atoms with E-state index < -0.39 is 0 Å². The van der Waals surface area contributed by atoms with Gasteiger partial charge < -0.3 is 4.90 Å². The van der Waals surface area contributed by atoms with Gasteiger partial charge in [0, 0.05) is 33.1 Å². The zero-order chi connectivity index (χ0) is 37.1. The van der Waals surface area contributed by atoms with Gasteiger partial charge >= 0.3 is 0 Å². The summed E-state index contributed by atoms with van der Waals surface area (Å²) in [5.41, 5.74) is 23.0. The molecule has 4 aliphatic carbocycles. The van der Waals surface area contributed by atoms with Gasteiger partial charge in [-0.3, -0.25) is 0 Å². The van der Waals surface area contributed by atoms with E-state index in [1.54, 1.807) is 0 Å². The Hall–Kier alpha value is -5.66. The van der Waals surface area contributed by atoms with Crippen LogP contribution in [0.25, 0.3) is 44.5 Å². The molecule has 0 bridgehead atoms. The molecule has 55 heavy (non-hydrogen) atoms. The molecule has 0 aromatic heterocycles. The topological polar surface area (TPSA) is 3.24 Å². The molecule has 0 radical (unpaired) electrons. The third-order valence-electron chi connectivity index (χ3n) is 14.1. The highest BCUT2D eigenvalue weighted by atomic mass is 15.1. The minimum absolute atomic E-state index is 0.0641. The summed E-state index contributed by atoms with van der Waals surface area (Å²) in [6.45, 7) is 9.61. The van der Waals surface area contributed by atoms with E-state index in [9.17, 15) is 0 Å². The van der Waals surface area contributed by atoms with Gasteiger partial charge in [-0.05, 0) is 104 Å². The van der Waals surface area contributed by atoms with Crippen molar-refractivity contribution in [3.8, 4) is 44.5 Å². The minimum Gasteiger partial charge on any atom is -0.309 e. The molecule has 0 N–H and O–H groups in total. The van der Waals surface area contributed by atoms with Crippen molar-refractivity contribution in [1.29, 1.82) is 0 Å². The first-order chi connectivity index (χ1) is 26.8. The summed E-state index contributed by atoms with van der Waals surface area (Å²) in [5.74, 6) is 0. The summed E-state index contributed by atoms with van der Waals surface area (Å²) in [6, 6.07) is 58.1. The van der Waals surface area contributed by atoms with Crippen molar-refractivity contribution >= 4 is 17.1 Å². The number of hydrogen-bond donors (Lipinski definition) is 0. The number of rotatable bonds is 4. The van der Waals surface area contributed by atoms with Crippen molar-refractivity contribution in [2.45, 2.75) is 76.0 Å². The Morgan fingerprint density at radius 1 is 0.382 bits per heavy atom. The molecule has 0 saturated heterocycles. The molecule has 7 aromatic carbocycles. The third kappa shape index (κ3) is 4.41. The normalized spacial score (nSPS) is 17.2. The molecule has 1 fully saturated rings. The number of benzene rings is 7. The fraction of sp³-hybridized carbons (Fsp3) is 0.222. The number of para-hydroxylation sites is 1. The first kappa shape index (κ1) is 32.7. The number of anilines is 3. The van der Waals surface area contributed by atoms with Crippen LogP contribution in [0.2, 0.25) is 0 Å². The van der Waals surface area contributed by atoms with E-state index in [-0.39, 0.29) is 16.2 Å². The van der Waals surface area contributed by atoms with Crippen LogP contribution in [0.15, 0.2) is 152 Å². The highest BCUT2D eigenvalue weighted by Gasteiger charge is 2.45. The van der Waals surface area contributed by atoms with Crippen LogP contribution < -0.4 is 4.90 Å². The van der Waals surface area contributed by atoms with Gasteiger partial charge in [0.1, 0.15) is 0 Å². The molecule has 0 heterocycles. The van der Waals surface area contributed by atoms with Crippen LogP contribution in [0.5, 0.6) is 0 Å². The summed E-state index contributed by atoms with van der Waals surface area (Å²) >= 11 is 0. The quantitative estimate of drug-likeness (QED) is 0.176. The fourth-order valence-electron chi connectivity index (χ4n) is 11.6.